The third kappa shape index (κ3) is 2.89. The van der Waals surface area contributed by atoms with Crippen LogP contribution in [0.25, 0.3) is 10.9 Å². The van der Waals surface area contributed by atoms with Gasteiger partial charge in [-0.15, -0.1) is 11.8 Å². The van der Waals surface area contributed by atoms with E-state index in [9.17, 15) is 4.79 Å². The molecule has 0 spiro atoms. The maximum Gasteiger partial charge on any atom is 0.303 e. The number of hydrogen-bond donors (Lipinski definition) is 1. The Morgan fingerprint density at radius 3 is 2.79 bits per heavy atom. The number of fused-ring (bicyclic) bond motifs is 1. The van der Waals surface area contributed by atoms with Crippen molar-refractivity contribution in [3.8, 4) is 0 Å². The number of aliphatic carboxylic acids is 1. The molecular formula is C15H15NO2S. The lowest BCUT2D eigenvalue weighted by Crippen LogP contribution is -2.11. The fourth-order valence-corrected chi connectivity index (χ4v) is 3.40. The van der Waals surface area contributed by atoms with Gasteiger partial charge in [0.2, 0.25) is 0 Å². The second-order valence-corrected chi connectivity index (χ2v) is 6.20. The molecule has 1 saturated carbocycles. The second-order valence-electron chi connectivity index (χ2n) is 5.20. The Morgan fingerprint density at radius 2 is 2.05 bits per heavy atom. The third-order valence-electron chi connectivity index (χ3n) is 3.58. The zero-order valence-electron chi connectivity index (χ0n) is 10.5. The number of thioether (sulfide) groups is 1. The SMILES string of the molecule is O=C(O)CC1(CSc2ccc3ccccc3n2)CC1. The first-order valence-corrected chi connectivity index (χ1v) is 7.36. The zero-order valence-corrected chi connectivity index (χ0v) is 11.3. The topological polar surface area (TPSA) is 50.2 Å². The van der Waals surface area contributed by atoms with Gasteiger partial charge in [-0.1, -0.05) is 24.3 Å². The van der Waals surface area contributed by atoms with Gasteiger partial charge in [-0.3, -0.25) is 4.79 Å². The molecule has 0 saturated heterocycles. The van der Waals surface area contributed by atoms with E-state index in [4.69, 9.17) is 5.11 Å². The van der Waals surface area contributed by atoms with Gasteiger partial charge in [0.25, 0.3) is 0 Å². The highest BCUT2D eigenvalue weighted by Crippen LogP contribution is 2.51. The summed E-state index contributed by atoms with van der Waals surface area (Å²) in [7, 11) is 0. The van der Waals surface area contributed by atoms with Crippen LogP contribution in [0.15, 0.2) is 41.4 Å². The summed E-state index contributed by atoms with van der Waals surface area (Å²) >= 11 is 1.67. The number of hydrogen-bond acceptors (Lipinski definition) is 3. The van der Waals surface area contributed by atoms with Crippen molar-refractivity contribution < 1.29 is 9.90 Å². The fraction of sp³-hybridized carbons (Fsp3) is 0.333. The molecule has 1 aromatic heterocycles. The third-order valence-corrected chi connectivity index (χ3v) is 4.86. The lowest BCUT2D eigenvalue weighted by molar-refractivity contribution is -0.138. The smallest absolute Gasteiger partial charge is 0.303 e. The summed E-state index contributed by atoms with van der Waals surface area (Å²) in [5.74, 6) is 0.162. The molecule has 2 aromatic rings. The highest BCUT2D eigenvalue weighted by atomic mass is 32.2. The van der Waals surface area contributed by atoms with Gasteiger partial charge in [0, 0.05) is 11.1 Å². The van der Waals surface area contributed by atoms with E-state index in [1.165, 1.54) is 0 Å². The number of aromatic nitrogens is 1. The van der Waals surface area contributed by atoms with E-state index in [1.807, 2.05) is 30.3 Å². The van der Waals surface area contributed by atoms with Gasteiger partial charge >= 0.3 is 5.97 Å². The molecule has 0 unspecified atom stereocenters. The molecule has 1 N–H and O–H groups in total. The van der Waals surface area contributed by atoms with Crippen LogP contribution in [0.1, 0.15) is 19.3 Å². The summed E-state index contributed by atoms with van der Waals surface area (Å²) in [6.07, 6.45) is 2.34. The molecular weight excluding hydrogens is 258 g/mol. The molecule has 3 nitrogen and oxygen atoms in total. The van der Waals surface area contributed by atoms with Crippen LogP contribution in [-0.4, -0.2) is 21.8 Å². The first kappa shape index (κ1) is 12.5. The molecule has 3 rings (SSSR count). The predicted molar refractivity (Wildman–Crippen MR) is 76.4 cm³/mol. The molecule has 19 heavy (non-hydrogen) atoms. The van der Waals surface area contributed by atoms with Crippen molar-refractivity contribution in [2.45, 2.75) is 24.3 Å². The van der Waals surface area contributed by atoms with Crippen LogP contribution < -0.4 is 0 Å². The van der Waals surface area contributed by atoms with Crippen LogP contribution in [0.3, 0.4) is 0 Å². The summed E-state index contributed by atoms with van der Waals surface area (Å²) in [6.45, 7) is 0. The van der Waals surface area contributed by atoms with Crippen molar-refractivity contribution in [1.82, 2.24) is 4.98 Å². The first-order valence-electron chi connectivity index (χ1n) is 6.37. The molecule has 0 bridgehead atoms. The molecule has 4 heteroatoms. The average Bonchev–Trinajstić information content (AvgIpc) is 3.15. The maximum atomic E-state index is 10.8. The molecule has 1 aliphatic rings. The van der Waals surface area contributed by atoms with Crippen molar-refractivity contribution in [2.75, 3.05) is 5.75 Å². The highest BCUT2D eigenvalue weighted by Gasteiger charge is 2.44. The number of pyridine rings is 1. The van der Waals surface area contributed by atoms with E-state index < -0.39 is 5.97 Å². The maximum absolute atomic E-state index is 10.8. The summed E-state index contributed by atoms with van der Waals surface area (Å²) in [5.41, 5.74) is 1.01. The lowest BCUT2D eigenvalue weighted by atomic mass is 10.1. The Labute approximate surface area is 116 Å². The number of carbonyl (C=O) groups is 1. The molecule has 98 valence electrons. The highest BCUT2D eigenvalue weighted by molar-refractivity contribution is 7.99. The van der Waals surface area contributed by atoms with Gasteiger partial charge in [-0.05, 0) is 30.4 Å². The Balaban J connectivity index is 1.70. The molecule has 1 aromatic carbocycles. The minimum Gasteiger partial charge on any atom is -0.481 e. The van der Waals surface area contributed by atoms with E-state index >= 15 is 0 Å². The zero-order chi connectivity index (χ0) is 13.3. The van der Waals surface area contributed by atoms with Gasteiger partial charge in [0.05, 0.1) is 17.0 Å². The normalized spacial score (nSPS) is 16.4. The van der Waals surface area contributed by atoms with Crippen LogP contribution in [0.2, 0.25) is 0 Å². The van der Waals surface area contributed by atoms with Crippen LogP contribution >= 0.6 is 11.8 Å². The summed E-state index contributed by atoms with van der Waals surface area (Å²) in [4.78, 5) is 15.4. The Morgan fingerprint density at radius 1 is 1.26 bits per heavy atom. The van der Waals surface area contributed by atoms with E-state index in [2.05, 4.69) is 11.1 Å². The lowest BCUT2D eigenvalue weighted by Gasteiger charge is -2.11. The number of carboxylic acids is 1. The first-order chi connectivity index (χ1) is 9.17. The Bertz CT molecular complexity index is 622. The number of rotatable bonds is 5. The van der Waals surface area contributed by atoms with E-state index in [-0.39, 0.29) is 11.8 Å². The van der Waals surface area contributed by atoms with Crippen molar-refractivity contribution in [3.63, 3.8) is 0 Å². The average molecular weight is 273 g/mol. The molecule has 0 aliphatic heterocycles. The summed E-state index contributed by atoms with van der Waals surface area (Å²) in [6, 6.07) is 12.1. The minimum atomic E-state index is -0.690. The van der Waals surface area contributed by atoms with Gasteiger partial charge in [0.1, 0.15) is 0 Å². The Hall–Kier alpha value is -1.55. The Kier molecular flexibility index (Phi) is 3.19. The monoisotopic (exact) mass is 273 g/mol. The minimum absolute atomic E-state index is 0.0177. The molecule has 0 amide bonds. The standard InChI is InChI=1S/C15H15NO2S/c17-14(18)9-15(7-8-15)10-19-13-6-5-11-3-1-2-4-12(11)16-13/h1-6H,7-10H2,(H,17,18). The van der Waals surface area contributed by atoms with Gasteiger partial charge < -0.3 is 5.11 Å². The van der Waals surface area contributed by atoms with Gasteiger partial charge in [-0.25, -0.2) is 4.98 Å². The molecule has 0 atom stereocenters. The van der Waals surface area contributed by atoms with Crippen molar-refractivity contribution >= 4 is 28.6 Å². The molecule has 1 aliphatic carbocycles. The molecule has 1 heterocycles. The summed E-state index contributed by atoms with van der Waals surface area (Å²) in [5, 5.41) is 11.0. The van der Waals surface area contributed by atoms with Crippen LogP contribution in [-0.2, 0) is 4.79 Å². The fourth-order valence-electron chi connectivity index (χ4n) is 2.22. The number of carboxylic acid groups (broad SMARTS) is 1. The number of benzene rings is 1. The van der Waals surface area contributed by atoms with Crippen LogP contribution in [0, 0.1) is 5.41 Å². The van der Waals surface area contributed by atoms with Crippen LogP contribution in [0.4, 0.5) is 0 Å². The van der Waals surface area contributed by atoms with Gasteiger partial charge in [0.15, 0.2) is 0 Å². The molecule has 0 radical (unpaired) electrons. The van der Waals surface area contributed by atoms with E-state index in [1.54, 1.807) is 11.8 Å². The number of nitrogens with zero attached hydrogens (tertiary/aromatic N) is 1. The predicted octanol–water partition coefficient (Wildman–Crippen LogP) is 3.58. The summed E-state index contributed by atoms with van der Waals surface area (Å²) < 4.78 is 0. The van der Waals surface area contributed by atoms with E-state index in [0.717, 1.165) is 34.5 Å². The van der Waals surface area contributed by atoms with Crippen LogP contribution in [0.5, 0.6) is 0 Å². The van der Waals surface area contributed by atoms with Crippen molar-refractivity contribution in [3.05, 3.63) is 36.4 Å². The second kappa shape index (κ2) is 4.85. The van der Waals surface area contributed by atoms with Crippen molar-refractivity contribution in [2.24, 2.45) is 5.41 Å². The van der Waals surface area contributed by atoms with Gasteiger partial charge in [-0.2, -0.15) is 0 Å². The largest absolute Gasteiger partial charge is 0.481 e. The quantitative estimate of drug-likeness (QED) is 0.846. The van der Waals surface area contributed by atoms with Crippen molar-refractivity contribution in [1.29, 1.82) is 0 Å². The number of para-hydroxylation sites is 1. The molecule has 1 fully saturated rings. The van der Waals surface area contributed by atoms with E-state index in [0.29, 0.717) is 0 Å².